The Hall–Kier alpha value is -1.42. The molecule has 1 aliphatic rings. The van der Waals surface area contributed by atoms with Crippen LogP contribution >= 0.6 is 0 Å². The Kier molecular flexibility index (Phi) is 4.20. The third-order valence-electron chi connectivity index (χ3n) is 3.16. The van der Waals surface area contributed by atoms with Gasteiger partial charge in [0.25, 0.3) is 5.91 Å². The van der Waals surface area contributed by atoms with Crippen molar-refractivity contribution in [2.24, 2.45) is 5.41 Å². The van der Waals surface area contributed by atoms with Gasteiger partial charge in [-0.05, 0) is 23.5 Å². The van der Waals surface area contributed by atoms with Crippen molar-refractivity contribution in [1.29, 1.82) is 0 Å². The van der Waals surface area contributed by atoms with Gasteiger partial charge in [0.2, 0.25) is 0 Å². The van der Waals surface area contributed by atoms with E-state index in [9.17, 15) is 4.79 Å². The van der Waals surface area contributed by atoms with Gasteiger partial charge in [-0.15, -0.1) is 0 Å². The molecule has 1 fully saturated rings. The summed E-state index contributed by atoms with van der Waals surface area (Å²) in [4.78, 5) is 18.5. The Balaban J connectivity index is 2.21. The lowest BCUT2D eigenvalue weighted by Gasteiger charge is -2.28. The van der Waals surface area contributed by atoms with E-state index in [2.05, 4.69) is 25.8 Å². The minimum absolute atomic E-state index is 0.0793. The molecule has 0 bridgehead atoms. The van der Waals surface area contributed by atoms with Crippen LogP contribution in [0, 0.1) is 5.41 Å². The third kappa shape index (κ3) is 3.77. The summed E-state index contributed by atoms with van der Waals surface area (Å²) in [5.74, 6) is 0.0793. The average molecular weight is 262 g/mol. The van der Waals surface area contributed by atoms with Crippen molar-refractivity contribution in [3.05, 3.63) is 29.6 Å². The summed E-state index contributed by atoms with van der Waals surface area (Å²) in [6.45, 7) is 9.12. The van der Waals surface area contributed by atoms with E-state index in [1.165, 1.54) is 0 Å². The highest BCUT2D eigenvalue weighted by atomic mass is 16.5. The highest BCUT2D eigenvalue weighted by Gasteiger charge is 2.23. The average Bonchev–Trinajstić information content (AvgIpc) is 2.38. The van der Waals surface area contributed by atoms with Crippen LogP contribution < -0.4 is 0 Å². The fraction of sp³-hybridized carbons (Fsp3) is 0.600. The molecule has 0 saturated carbocycles. The molecule has 19 heavy (non-hydrogen) atoms. The molecule has 104 valence electrons. The molecular formula is C15H22N2O2. The summed E-state index contributed by atoms with van der Waals surface area (Å²) in [5, 5.41) is 0. The molecule has 1 amide bonds. The smallest absolute Gasteiger partial charge is 0.255 e. The maximum absolute atomic E-state index is 12.5. The zero-order chi connectivity index (χ0) is 13.9. The largest absolute Gasteiger partial charge is 0.378 e. The van der Waals surface area contributed by atoms with Crippen molar-refractivity contribution in [3.8, 4) is 0 Å². The molecule has 0 radical (unpaired) electrons. The molecule has 0 aliphatic carbocycles. The molecule has 0 N–H and O–H groups in total. The Bertz CT molecular complexity index is 446. The Morgan fingerprint density at radius 2 is 2.05 bits per heavy atom. The lowest BCUT2D eigenvalue weighted by molar-refractivity contribution is 0.0301. The van der Waals surface area contributed by atoms with Crippen molar-refractivity contribution in [1.82, 2.24) is 9.88 Å². The molecule has 1 aromatic rings. The summed E-state index contributed by atoms with van der Waals surface area (Å²) in [5.41, 5.74) is 1.97. The van der Waals surface area contributed by atoms with E-state index < -0.39 is 0 Å². The number of nitrogens with zero attached hydrogens (tertiary/aromatic N) is 2. The first kappa shape index (κ1) is 14.0. The Morgan fingerprint density at radius 1 is 1.37 bits per heavy atom. The lowest BCUT2D eigenvalue weighted by Crippen LogP contribution is -2.41. The molecule has 4 heteroatoms. The molecular weight excluding hydrogens is 240 g/mol. The maximum Gasteiger partial charge on any atom is 0.255 e. The molecule has 1 saturated heterocycles. The van der Waals surface area contributed by atoms with Crippen molar-refractivity contribution < 1.29 is 9.53 Å². The van der Waals surface area contributed by atoms with E-state index in [0.29, 0.717) is 26.3 Å². The minimum atomic E-state index is 0.0793. The Labute approximate surface area is 114 Å². The van der Waals surface area contributed by atoms with Crippen LogP contribution in [0.1, 0.15) is 36.7 Å². The fourth-order valence-electron chi connectivity index (χ4n) is 2.28. The summed E-state index contributed by atoms with van der Waals surface area (Å²) in [6.07, 6.45) is 4.33. The molecule has 4 nitrogen and oxygen atoms in total. The number of aromatic nitrogens is 1. The predicted molar refractivity (Wildman–Crippen MR) is 74.1 cm³/mol. The van der Waals surface area contributed by atoms with Gasteiger partial charge < -0.3 is 9.64 Å². The van der Waals surface area contributed by atoms with E-state index in [4.69, 9.17) is 4.74 Å². The van der Waals surface area contributed by atoms with Crippen LogP contribution in [0.15, 0.2) is 18.5 Å². The highest BCUT2D eigenvalue weighted by Crippen LogP contribution is 2.23. The summed E-state index contributed by atoms with van der Waals surface area (Å²) in [7, 11) is 0. The van der Waals surface area contributed by atoms with Gasteiger partial charge in [0.05, 0.1) is 18.8 Å². The molecule has 2 rings (SSSR count). The molecule has 0 aromatic carbocycles. The number of pyridine rings is 1. The van der Waals surface area contributed by atoms with Gasteiger partial charge in [-0.2, -0.15) is 0 Å². The van der Waals surface area contributed by atoms with Gasteiger partial charge in [0.1, 0.15) is 0 Å². The van der Waals surface area contributed by atoms with Gasteiger partial charge >= 0.3 is 0 Å². The second kappa shape index (κ2) is 5.70. The van der Waals surface area contributed by atoms with Crippen LogP contribution in [-0.4, -0.2) is 42.1 Å². The molecule has 2 heterocycles. The summed E-state index contributed by atoms with van der Waals surface area (Å²) >= 11 is 0. The van der Waals surface area contributed by atoms with Gasteiger partial charge in [-0.1, -0.05) is 20.8 Å². The molecule has 0 spiro atoms. The number of carbonyl (C=O) groups excluding carboxylic acids is 1. The number of hydrogen-bond donors (Lipinski definition) is 0. The van der Waals surface area contributed by atoms with Crippen LogP contribution in [0.2, 0.25) is 0 Å². The quantitative estimate of drug-likeness (QED) is 0.820. The number of hydrogen-bond acceptors (Lipinski definition) is 3. The van der Waals surface area contributed by atoms with Gasteiger partial charge in [0.15, 0.2) is 0 Å². The Morgan fingerprint density at radius 3 is 2.68 bits per heavy atom. The first-order valence-electron chi connectivity index (χ1n) is 6.77. The van der Waals surface area contributed by atoms with Crippen molar-refractivity contribution in [3.63, 3.8) is 0 Å². The van der Waals surface area contributed by atoms with E-state index >= 15 is 0 Å². The standard InChI is InChI=1S/C15H22N2O2/c1-15(2,3)10-12-4-5-16-11-13(12)14(18)17-6-8-19-9-7-17/h4-5,11H,6-10H2,1-3H3. The van der Waals surface area contributed by atoms with Gasteiger partial charge in [-0.25, -0.2) is 0 Å². The molecule has 0 unspecified atom stereocenters. The van der Waals surface area contributed by atoms with Crippen LogP contribution in [0.4, 0.5) is 0 Å². The summed E-state index contributed by atoms with van der Waals surface area (Å²) in [6, 6.07) is 1.96. The van der Waals surface area contributed by atoms with Crippen LogP contribution in [0.3, 0.4) is 0 Å². The number of carbonyl (C=O) groups is 1. The zero-order valence-electron chi connectivity index (χ0n) is 12.0. The predicted octanol–water partition coefficient (Wildman–Crippen LogP) is 2.14. The second-order valence-corrected chi connectivity index (χ2v) is 6.17. The highest BCUT2D eigenvalue weighted by molar-refractivity contribution is 5.95. The van der Waals surface area contributed by atoms with Gasteiger partial charge in [0, 0.05) is 25.5 Å². The number of morpholine rings is 1. The number of amides is 1. The van der Waals surface area contributed by atoms with Crippen LogP contribution in [-0.2, 0) is 11.2 Å². The third-order valence-corrected chi connectivity index (χ3v) is 3.16. The number of ether oxygens (including phenoxy) is 1. The van der Waals surface area contributed by atoms with E-state index in [-0.39, 0.29) is 11.3 Å². The van der Waals surface area contributed by atoms with Crippen molar-refractivity contribution >= 4 is 5.91 Å². The van der Waals surface area contributed by atoms with E-state index in [1.807, 2.05) is 11.0 Å². The van der Waals surface area contributed by atoms with Gasteiger partial charge in [-0.3, -0.25) is 9.78 Å². The van der Waals surface area contributed by atoms with E-state index in [0.717, 1.165) is 17.5 Å². The zero-order valence-corrected chi connectivity index (χ0v) is 12.0. The lowest BCUT2D eigenvalue weighted by atomic mass is 9.86. The number of rotatable bonds is 2. The minimum Gasteiger partial charge on any atom is -0.378 e. The monoisotopic (exact) mass is 262 g/mol. The fourth-order valence-corrected chi connectivity index (χ4v) is 2.28. The normalized spacial score (nSPS) is 16.5. The SMILES string of the molecule is CC(C)(C)Cc1ccncc1C(=O)N1CCOCC1. The van der Waals surface area contributed by atoms with Crippen LogP contribution in [0.5, 0.6) is 0 Å². The maximum atomic E-state index is 12.5. The molecule has 1 aliphatic heterocycles. The first-order chi connectivity index (χ1) is 8.97. The van der Waals surface area contributed by atoms with Crippen molar-refractivity contribution in [2.45, 2.75) is 27.2 Å². The van der Waals surface area contributed by atoms with Crippen LogP contribution in [0.25, 0.3) is 0 Å². The summed E-state index contributed by atoms with van der Waals surface area (Å²) < 4.78 is 5.29. The topological polar surface area (TPSA) is 42.4 Å². The van der Waals surface area contributed by atoms with E-state index in [1.54, 1.807) is 12.4 Å². The van der Waals surface area contributed by atoms with Crippen molar-refractivity contribution in [2.75, 3.05) is 26.3 Å². The molecule has 1 aromatic heterocycles. The molecule has 0 atom stereocenters. The second-order valence-electron chi connectivity index (χ2n) is 6.17. The first-order valence-corrected chi connectivity index (χ1v) is 6.77.